The minimum absolute atomic E-state index is 0. The van der Waals surface area contributed by atoms with Gasteiger partial charge >= 0.3 is 0 Å². The van der Waals surface area contributed by atoms with E-state index in [2.05, 4.69) is 32.9 Å². The molecule has 0 spiro atoms. The van der Waals surface area contributed by atoms with Gasteiger partial charge in [-0.25, -0.2) is 0 Å². The van der Waals surface area contributed by atoms with Gasteiger partial charge in [-0.15, -0.1) is 0 Å². The van der Waals surface area contributed by atoms with Gasteiger partial charge in [-0.05, 0) is 44.6 Å². The second-order valence-electron chi connectivity index (χ2n) is 3.53. The van der Waals surface area contributed by atoms with Crippen LogP contribution in [0, 0.1) is 5.92 Å². The topological polar surface area (TPSA) is 0 Å². The van der Waals surface area contributed by atoms with E-state index in [1.807, 2.05) is 41.5 Å². The van der Waals surface area contributed by atoms with Crippen molar-refractivity contribution in [3.63, 3.8) is 0 Å². The number of rotatable bonds is 1. The van der Waals surface area contributed by atoms with Crippen molar-refractivity contribution >= 4 is 0 Å². The summed E-state index contributed by atoms with van der Waals surface area (Å²) in [6.07, 6.45) is 8.49. The Balaban J connectivity index is -0.000000123. The van der Waals surface area contributed by atoms with Crippen LogP contribution in [0.2, 0.25) is 0 Å². The molecule has 0 nitrogen and oxygen atoms in total. The monoisotopic (exact) mass is 256 g/mol. The van der Waals surface area contributed by atoms with E-state index in [4.69, 9.17) is 0 Å². The van der Waals surface area contributed by atoms with E-state index >= 15 is 0 Å². The van der Waals surface area contributed by atoms with Crippen molar-refractivity contribution in [1.82, 2.24) is 0 Å². The molecule has 1 rings (SSSR count). The first-order valence-corrected chi connectivity index (χ1v) is 7.58. The third-order valence-electron chi connectivity index (χ3n) is 2.56. The Kier molecular flexibility index (Phi) is 31.5. The molecule has 0 aromatic heterocycles. The zero-order chi connectivity index (χ0) is 14.3. The number of hydrogen-bond acceptors (Lipinski definition) is 0. The van der Waals surface area contributed by atoms with Crippen molar-refractivity contribution in [1.29, 1.82) is 0 Å². The quantitative estimate of drug-likeness (QED) is 0.458. The summed E-state index contributed by atoms with van der Waals surface area (Å²) in [4.78, 5) is 0. The standard InChI is InChI=1S/C11H18.3C2H6.CH4/c1-4-6-11-9(2)7-5-8-10(11)3;3*1-2;/h4,6,9H,5,7-8H2,1-3H3;3*1-2H3;1H4/b6-4-;;;;. The molecule has 1 unspecified atom stereocenters. The first-order valence-electron chi connectivity index (χ1n) is 7.58. The molecular formula is C18H40. The minimum Gasteiger partial charge on any atom is -0.0874 e. The molecule has 0 aromatic rings. The fourth-order valence-electron chi connectivity index (χ4n) is 1.88. The molecule has 1 aliphatic rings. The van der Waals surface area contributed by atoms with Crippen molar-refractivity contribution in [3.05, 3.63) is 23.3 Å². The minimum atomic E-state index is 0. The maximum absolute atomic E-state index is 2.33. The van der Waals surface area contributed by atoms with E-state index in [1.165, 1.54) is 19.3 Å². The Morgan fingerprint density at radius 3 is 1.78 bits per heavy atom. The van der Waals surface area contributed by atoms with Gasteiger partial charge in [-0.3, -0.25) is 0 Å². The molecule has 0 aliphatic heterocycles. The lowest BCUT2D eigenvalue weighted by atomic mass is 9.84. The molecule has 1 atom stereocenters. The van der Waals surface area contributed by atoms with Gasteiger partial charge in [0.25, 0.3) is 0 Å². The van der Waals surface area contributed by atoms with Crippen LogP contribution in [-0.2, 0) is 0 Å². The van der Waals surface area contributed by atoms with Crippen LogP contribution in [0.15, 0.2) is 23.3 Å². The van der Waals surface area contributed by atoms with Gasteiger partial charge in [0, 0.05) is 0 Å². The highest BCUT2D eigenvalue weighted by Crippen LogP contribution is 2.30. The summed E-state index contributed by atoms with van der Waals surface area (Å²) in [7, 11) is 0. The largest absolute Gasteiger partial charge is 0.0874 e. The molecule has 0 aromatic carbocycles. The number of allylic oxidation sites excluding steroid dienone is 4. The van der Waals surface area contributed by atoms with Crippen LogP contribution < -0.4 is 0 Å². The SMILES string of the molecule is C.C/C=C\C1=C(C)CCCC1C.CC.CC.CC. The maximum Gasteiger partial charge on any atom is -0.0191 e. The van der Waals surface area contributed by atoms with E-state index in [0.717, 1.165) is 5.92 Å². The molecule has 0 N–H and O–H groups in total. The average Bonchev–Trinajstić information content (AvgIpc) is 2.41. The molecule has 0 saturated carbocycles. The summed E-state index contributed by atoms with van der Waals surface area (Å²) >= 11 is 0. The van der Waals surface area contributed by atoms with Crippen LogP contribution in [0.1, 0.15) is 89.0 Å². The van der Waals surface area contributed by atoms with Crippen LogP contribution in [0.4, 0.5) is 0 Å². The van der Waals surface area contributed by atoms with E-state index in [-0.39, 0.29) is 7.43 Å². The lowest BCUT2D eigenvalue weighted by Gasteiger charge is -2.21. The summed E-state index contributed by atoms with van der Waals surface area (Å²) in [5.74, 6) is 0.792. The molecule has 0 heteroatoms. The Bertz CT molecular complexity index is 184. The van der Waals surface area contributed by atoms with E-state index < -0.39 is 0 Å². The van der Waals surface area contributed by atoms with Crippen molar-refractivity contribution in [2.45, 2.75) is 89.0 Å². The predicted octanol–water partition coefficient (Wildman–Crippen LogP) is 7.41. The molecule has 112 valence electrons. The fourth-order valence-corrected chi connectivity index (χ4v) is 1.88. The summed E-state index contributed by atoms with van der Waals surface area (Å²) in [6, 6.07) is 0. The second-order valence-corrected chi connectivity index (χ2v) is 3.53. The Labute approximate surface area is 119 Å². The number of hydrogen-bond donors (Lipinski definition) is 0. The summed E-state index contributed by atoms with van der Waals surface area (Å²) in [5.41, 5.74) is 3.18. The Morgan fingerprint density at radius 1 is 1.00 bits per heavy atom. The van der Waals surface area contributed by atoms with E-state index in [1.54, 1.807) is 11.1 Å². The zero-order valence-corrected chi connectivity index (χ0v) is 13.9. The first-order chi connectivity index (χ1) is 8.25. The molecule has 0 radical (unpaired) electrons. The van der Waals surface area contributed by atoms with Crippen LogP contribution in [0.3, 0.4) is 0 Å². The molecule has 0 saturated heterocycles. The normalized spacial score (nSPS) is 17.3. The van der Waals surface area contributed by atoms with Crippen molar-refractivity contribution in [3.8, 4) is 0 Å². The van der Waals surface area contributed by atoms with Gasteiger partial charge in [0.05, 0.1) is 0 Å². The lowest BCUT2D eigenvalue weighted by Crippen LogP contribution is -2.05. The smallest absolute Gasteiger partial charge is 0.0191 e. The maximum atomic E-state index is 2.33. The highest BCUT2D eigenvalue weighted by Gasteiger charge is 2.13. The van der Waals surface area contributed by atoms with E-state index in [0.29, 0.717) is 0 Å². The van der Waals surface area contributed by atoms with Gasteiger partial charge in [-0.1, -0.05) is 73.6 Å². The zero-order valence-electron chi connectivity index (χ0n) is 13.9. The van der Waals surface area contributed by atoms with Crippen molar-refractivity contribution < 1.29 is 0 Å². The van der Waals surface area contributed by atoms with Gasteiger partial charge < -0.3 is 0 Å². The lowest BCUT2D eigenvalue weighted by molar-refractivity contribution is 0.546. The molecule has 0 heterocycles. The van der Waals surface area contributed by atoms with E-state index in [9.17, 15) is 0 Å². The average molecular weight is 257 g/mol. The van der Waals surface area contributed by atoms with Crippen molar-refractivity contribution in [2.75, 3.05) is 0 Å². The van der Waals surface area contributed by atoms with Crippen LogP contribution in [0.5, 0.6) is 0 Å². The molecular weight excluding hydrogens is 216 g/mol. The third kappa shape index (κ3) is 12.0. The highest BCUT2D eigenvalue weighted by atomic mass is 14.2. The summed E-state index contributed by atoms with van der Waals surface area (Å²) in [5, 5.41) is 0. The fraction of sp³-hybridized carbons (Fsp3) is 0.778. The highest BCUT2D eigenvalue weighted by molar-refractivity contribution is 5.28. The van der Waals surface area contributed by atoms with Crippen LogP contribution >= 0.6 is 0 Å². The van der Waals surface area contributed by atoms with Crippen LogP contribution in [-0.4, -0.2) is 0 Å². The van der Waals surface area contributed by atoms with Gasteiger partial charge in [0.2, 0.25) is 0 Å². The molecule has 18 heavy (non-hydrogen) atoms. The molecule has 0 amide bonds. The summed E-state index contributed by atoms with van der Waals surface area (Å²) < 4.78 is 0. The second kappa shape index (κ2) is 21.7. The van der Waals surface area contributed by atoms with Crippen LogP contribution in [0.25, 0.3) is 0 Å². The summed E-state index contributed by atoms with van der Waals surface area (Å²) in [6.45, 7) is 18.7. The van der Waals surface area contributed by atoms with Gasteiger partial charge in [0.1, 0.15) is 0 Å². The van der Waals surface area contributed by atoms with Crippen molar-refractivity contribution in [2.24, 2.45) is 5.92 Å². The Morgan fingerprint density at radius 2 is 1.44 bits per heavy atom. The van der Waals surface area contributed by atoms with Gasteiger partial charge in [-0.2, -0.15) is 0 Å². The predicted molar refractivity (Wildman–Crippen MR) is 91.3 cm³/mol. The molecule has 0 bridgehead atoms. The first kappa shape index (κ1) is 26.1. The van der Waals surface area contributed by atoms with Gasteiger partial charge in [0.15, 0.2) is 0 Å². The molecule has 1 aliphatic carbocycles. The third-order valence-corrected chi connectivity index (χ3v) is 2.56. The Hall–Kier alpha value is -0.520. The molecule has 0 fully saturated rings.